The van der Waals surface area contributed by atoms with Crippen LogP contribution in [0.25, 0.3) is 22.5 Å². The first-order valence-corrected chi connectivity index (χ1v) is 14.0. The minimum Gasteiger partial charge on any atom is -0.330 e. The van der Waals surface area contributed by atoms with Gasteiger partial charge in [0.15, 0.2) is 0 Å². The molecule has 4 aromatic heterocycles. The highest BCUT2D eigenvalue weighted by Crippen LogP contribution is 2.20. The normalized spacial score (nSPS) is 10.6. The highest BCUT2D eigenvalue weighted by molar-refractivity contribution is 5.58. The molecule has 0 aliphatic carbocycles. The lowest BCUT2D eigenvalue weighted by molar-refractivity contribution is 0.625. The van der Waals surface area contributed by atoms with E-state index >= 15 is 0 Å². The molecule has 0 bridgehead atoms. The molecule has 0 saturated heterocycles. The van der Waals surface area contributed by atoms with Crippen molar-refractivity contribution in [3.05, 3.63) is 144 Å². The van der Waals surface area contributed by atoms with Crippen LogP contribution in [0.4, 0.5) is 8.78 Å². The largest absolute Gasteiger partial charge is 0.330 e. The first-order chi connectivity index (χ1) is 21.5. The van der Waals surface area contributed by atoms with E-state index in [0.29, 0.717) is 12.2 Å². The second-order valence-electron chi connectivity index (χ2n) is 9.98. The summed E-state index contributed by atoms with van der Waals surface area (Å²) in [6.45, 7) is 1.95. The topological polar surface area (TPSA) is 111 Å². The minimum absolute atomic E-state index is 0.210. The molecular formula is C34H30F2N8. The van der Waals surface area contributed by atoms with Gasteiger partial charge in [-0.3, -0.25) is 4.98 Å². The predicted molar refractivity (Wildman–Crippen MR) is 164 cm³/mol. The minimum atomic E-state index is -0.226. The molecule has 0 saturated carbocycles. The van der Waals surface area contributed by atoms with Gasteiger partial charge in [-0.1, -0.05) is 24.3 Å². The van der Waals surface area contributed by atoms with Gasteiger partial charge in [0.25, 0.3) is 0 Å². The number of aryl methyl sites for hydroxylation is 4. The number of rotatable bonds is 9. The Kier molecular flexibility index (Phi) is 9.92. The first kappa shape index (κ1) is 29.9. The van der Waals surface area contributed by atoms with E-state index in [1.807, 2.05) is 53.4 Å². The van der Waals surface area contributed by atoms with Crippen LogP contribution in [0.1, 0.15) is 22.5 Å². The molecule has 10 heteroatoms. The zero-order chi connectivity index (χ0) is 30.7. The Morgan fingerprint density at radius 2 is 1.14 bits per heavy atom. The lowest BCUT2D eigenvalue weighted by atomic mass is 10.1. The lowest BCUT2D eigenvalue weighted by Gasteiger charge is -2.08. The average molecular weight is 589 g/mol. The molecule has 0 atom stereocenters. The molecule has 2 aromatic carbocycles. The van der Waals surface area contributed by atoms with Crippen LogP contribution < -0.4 is 5.73 Å². The molecule has 6 rings (SSSR count). The van der Waals surface area contributed by atoms with Crippen LogP contribution in [0.5, 0.6) is 0 Å². The van der Waals surface area contributed by atoms with Gasteiger partial charge >= 0.3 is 0 Å². The van der Waals surface area contributed by atoms with Crippen LogP contribution in [0.15, 0.2) is 110 Å². The number of nitriles is 1. The van der Waals surface area contributed by atoms with Crippen LogP contribution in [0.3, 0.4) is 0 Å². The van der Waals surface area contributed by atoms with Crippen molar-refractivity contribution in [1.29, 1.82) is 5.26 Å². The summed E-state index contributed by atoms with van der Waals surface area (Å²) < 4.78 is 29.9. The van der Waals surface area contributed by atoms with E-state index in [2.05, 4.69) is 24.5 Å². The Morgan fingerprint density at radius 3 is 1.55 bits per heavy atom. The molecule has 0 radical (unpaired) electrons. The molecule has 0 unspecified atom stereocenters. The molecule has 0 spiro atoms. The van der Waals surface area contributed by atoms with Crippen LogP contribution >= 0.6 is 0 Å². The number of nitrogens with two attached hydrogens (primary N) is 1. The Balaban J connectivity index is 0.000000175. The van der Waals surface area contributed by atoms with Gasteiger partial charge < -0.3 is 14.9 Å². The van der Waals surface area contributed by atoms with Crippen molar-refractivity contribution >= 4 is 0 Å². The number of hydrogen-bond acceptors (Lipinski definition) is 6. The highest BCUT2D eigenvalue weighted by Gasteiger charge is 2.08. The molecule has 8 nitrogen and oxygen atoms in total. The third kappa shape index (κ3) is 7.85. The van der Waals surface area contributed by atoms with Crippen molar-refractivity contribution in [2.75, 3.05) is 0 Å². The summed E-state index contributed by atoms with van der Waals surface area (Å²) in [4.78, 5) is 16.8. The molecular weight excluding hydrogens is 558 g/mol. The SMILES string of the molecule is N#Cc1ccc(-c2cncn2CCc2ccc(F)cc2)cn1.NCc1ccc(-c2cncn2CCc2ccc(F)cc2)cn1. The molecule has 0 aliphatic rings. The van der Waals surface area contributed by atoms with E-state index in [4.69, 9.17) is 11.0 Å². The molecule has 0 fully saturated rings. The summed E-state index contributed by atoms with van der Waals surface area (Å²) in [6, 6.07) is 22.6. The standard InChI is InChI=1S/C17H17FN4.C17H13FN4/c2*18-15-4-1-13(2-5-15)7-8-22-12-20-11-17(22)14-3-6-16(9-19)21-10-14/h1-6,10-12H,7-9,19H2;1-6,10-12H,7-8H2. The van der Waals surface area contributed by atoms with Gasteiger partial charge in [-0.2, -0.15) is 5.26 Å². The summed E-state index contributed by atoms with van der Waals surface area (Å²) in [5.74, 6) is -0.436. The van der Waals surface area contributed by atoms with Crippen molar-refractivity contribution in [2.45, 2.75) is 32.5 Å². The predicted octanol–water partition coefficient (Wildman–Crippen LogP) is 5.98. The second kappa shape index (κ2) is 14.6. The van der Waals surface area contributed by atoms with Crippen molar-refractivity contribution in [1.82, 2.24) is 29.1 Å². The van der Waals surface area contributed by atoms with Crippen molar-refractivity contribution in [2.24, 2.45) is 5.73 Å². The van der Waals surface area contributed by atoms with E-state index < -0.39 is 0 Å². The van der Waals surface area contributed by atoms with E-state index in [1.54, 1.807) is 43.2 Å². The summed E-state index contributed by atoms with van der Waals surface area (Å²) in [7, 11) is 0. The van der Waals surface area contributed by atoms with E-state index in [9.17, 15) is 8.78 Å². The molecule has 44 heavy (non-hydrogen) atoms. The van der Waals surface area contributed by atoms with Crippen LogP contribution in [-0.4, -0.2) is 29.1 Å². The van der Waals surface area contributed by atoms with Gasteiger partial charge in [-0.05, 0) is 72.5 Å². The molecule has 6 aromatic rings. The number of halogens is 2. The van der Waals surface area contributed by atoms with Crippen molar-refractivity contribution < 1.29 is 8.78 Å². The zero-order valence-corrected chi connectivity index (χ0v) is 23.9. The quantitative estimate of drug-likeness (QED) is 0.222. The van der Waals surface area contributed by atoms with Gasteiger partial charge in [-0.25, -0.2) is 23.7 Å². The van der Waals surface area contributed by atoms with Crippen LogP contribution in [0, 0.1) is 23.0 Å². The summed E-state index contributed by atoms with van der Waals surface area (Å²) in [5, 5.41) is 8.79. The maximum absolute atomic E-state index is 12.9. The Bertz CT molecular complexity index is 1800. The Hall–Kier alpha value is -5.53. The third-order valence-electron chi connectivity index (χ3n) is 7.04. The van der Waals surface area contributed by atoms with Gasteiger partial charge in [0.1, 0.15) is 23.4 Å². The van der Waals surface area contributed by atoms with Gasteiger partial charge in [0, 0.05) is 43.2 Å². The number of benzene rings is 2. The summed E-state index contributed by atoms with van der Waals surface area (Å²) in [6.07, 6.45) is 12.2. The molecule has 220 valence electrons. The molecule has 4 heterocycles. The van der Waals surface area contributed by atoms with Crippen molar-refractivity contribution in [3.8, 4) is 28.6 Å². The Labute approximate surface area is 254 Å². The third-order valence-corrected chi connectivity index (χ3v) is 7.04. The van der Waals surface area contributed by atoms with Crippen LogP contribution in [-0.2, 0) is 32.5 Å². The van der Waals surface area contributed by atoms with Gasteiger partial charge in [0.2, 0.25) is 0 Å². The van der Waals surface area contributed by atoms with Crippen molar-refractivity contribution in [3.63, 3.8) is 0 Å². The van der Waals surface area contributed by atoms with E-state index in [0.717, 1.165) is 65.3 Å². The summed E-state index contributed by atoms with van der Waals surface area (Å²) >= 11 is 0. The first-order valence-electron chi connectivity index (χ1n) is 14.0. The fraction of sp³-hybridized carbons (Fsp3) is 0.147. The average Bonchev–Trinajstić information content (AvgIpc) is 3.75. The lowest BCUT2D eigenvalue weighted by Crippen LogP contribution is -2.03. The second-order valence-corrected chi connectivity index (χ2v) is 9.98. The maximum Gasteiger partial charge on any atom is 0.140 e. The fourth-order valence-corrected chi connectivity index (χ4v) is 4.59. The number of imidazole rings is 2. The molecule has 0 aliphatic heterocycles. The fourth-order valence-electron chi connectivity index (χ4n) is 4.59. The van der Waals surface area contributed by atoms with Gasteiger partial charge in [0.05, 0.1) is 42.1 Å². The smallest absolute Gasteiger partial charge is 0.140 e. The van der Waals surface area contributed by atoms with Gasteiger partial charge in [-0.15, -0.1) is 0 Å². The number of pyridine rings is 2. The Morgan fingerprint density at radius 1 is 0.636 bits per heavy atom. The maximum atomic E-state index is 12.9. The van der Waals surface area contributed by atoms with E-state index in [-0.39, 0.29) is 11.6 Å². The highest BCUT2D eigenvalue weighted by atomic mass is 19.1. The monoisotopic (exact) mass is 588 g/mol. The molecule has 0 amide bonds. The number of aromatic nitrogens is 6. The summed E-state index contributed by atoms with van der Waals surface area (Å²) in [5.41, 5.74) is 12.9. The number of hydrogen-bond donors (Lipinski definition) is 1. The van der Waals surface area contributed by atoms with E-state index in [1.165, 1.54) is 24.3 Å². The van der Waals surface area contributed by atoms with Crippen LogP contribution in [0.2, 0.25) is 0 Å². The number of nitrogens with zero attached hydrogens (tertiary/aromatic N) is 7. The molecule has 2 N–H and O–H groups in total. The zero-order valence-electron chi connectivity index (χ0n) is 23.9.